The highest BCUT2D eigenvalue weighted by Crippen LogP contribution is 2.23. The summed E-state index contributed by atoms with van der Waals surface area (Å²) in [6, 6.07) is 8.40. The van der Waals surface area contributed by atoms with E-state index in [2.05, 4.69) is 45.0 Å². The minimum atomic E-state index is -0.289. The smallest absolute Gasteiger partial charge is 0.334 e. The highest BCUT2D eigenvalue weighted by Gasteiger charge is 2.14. The van der Waals surface area contributed by atoms with Crippen molar-refractivity contribution in [3.63, 3.8) is 0 Å². The standard InChI is InChI=1S/C19H27NO2/c1-19(2,3)17-11-9-15(10-12-17)14-16(18(21)22-6)8-7-13-20(4)5/h7-13H,14H2,1-6H3/b13-7+,16-8-. The van der Waals surface area contributed by atoms with Crippen molar-refractivity contribution in [1.29, 1.82) is 0 Å². The van der Waals surface area contributed by atoms with Crippen LogP contribution in [0.25, 0.3) is 0 Å². The van der Waals surface area contributed by atoms with Crippen molar-refractivity contribution < 1.29 is 9.53 Å². The first-order valence-electron chi connectivity index (χ1n) is 7.45. The van der Waals surface area contributed by atoms with E-state index >= 15 is 0 Å². The van der Waals surface area contributed by atoms with E-state index < -0.39 is 0 Å². The molecule has 0 aliphatic heterocycles. The van der Waals surface area contributed by atoms with Gasteiger partial charge >= 0.3 is 5.97 Å². The summed E-state index contributed by atoms with van der Waals surface area (Å²) in [5.74, 6) is -0.289. The predicted octanol–water partition coefficient (Wildman–Crippen LogP) is 3.70. The lowest BCUT2D eigenvalue weighted by molar-refractivity contribution is -0.136. The minimum Gasteiger partial charge on any atom is -0.466 e. The molecular weight excluding hydrogens is 274 g/mol. The summed E-state index contributed by atoms with van der Waals surface area (Å²) >= 11 is 0. The van der Waals surface area contributed by atoms with Crippen LogP contribution in [-0.4, -0.2) is 32.1 Å². The van der Waals surface area contributed by atoms with E-state index in [0.29, 0.717) is 12.0 Å². The molecule has 0 spiro atoms. The maximum absolute atomic E-state index is 11.9. The highest BCUT2D eigenvalue weighted by molar-refractivity contribution is 5.89. The molecule has 0 aromatic heterocycles. The van der Waals surface area contributed by atoms with Crippen LogP contribution in [0.15, 0.2) is 48.2 Å². The number of ether oxygens (including phenoxy) is 1. The Balaban J connectivity index is 2.93. The van der Waals surface area contributed by atoms with Crippen LogP contribution in [0.1, 0.15) is 31.9 Å². The third kappa shape index (κ3) is 5.76. The van der Waals surface area contributed by atoms with Crippen LogP contribution in [0.5, 0.6) is 0 Å². The molecule has 22 heavy (non-hydrogen) atoms. The van der Waals surface area contributed by atoms with E-state index in [1.54, 1.807) is 0 Å². The second-order valence-corrected chi connectivity index (χ2v) is 6.61. The number of methoxy groups -OCH3 is 1. The van der Waals surface area contributed by atoms with Crippen LogP contribution < -0.4 is 0 Å². The van der Waals surface area contributed by atoms with Gasteiger partial charge < -0.3 is 9.64 Å². The van der Waals surface area contributed by atoms with Crippen LogP contribution in [0.4, 0.5) is 0 Å². The number of nitrogens with zero attached hydrogens (tertiary/aromatic N) is 1. The normalized spacial score (nSPS) is 12.5. The number of carbonyl (C=O) groups excluding carboxylic acids is 1. The highest BCUT2D eigenvalue weighted by atomic mass is 16.5. The van der Waals surface area contributed by atoms with Gasteiger partial charge in [0.2, 0.25) is 0 Å². The number of hydrogen-bond donors (Lipinski definition) is 0. The molecule has 0 aliphatic carbocycles. The Hall–Kier alpha value is -2.03. The van der Waals surface area contributed by atoms with Gasteiger partial charge in [0, 0.05) is 26.1 Å². The molecule has 3 nitrogen and oxygen atoms in total. The molecule has 0 saturated heterocycles. The van der Waals surface area contributed by atoms with Gasteiger partial charge in [-0.25, -0.2) is 4.79 Å². The first-order valence-corrected chi connectivity index (χ1v) is 7.45. The molecule has 0 fully saturated rings. The van der Waals surface area contributed by atoms with Gasteiger partial charge in [0.05, 0.1) is 7.11 Å². The van der Waals surface area contributed by atoms with E-state index in [4.69, 9.17) is 4.74 Å². The Bertz CT molecular complexity index is 546. The number of allylic oxidation sites excluding steroid dienone is 2. The Morgan fingerprint density at radius 1 is 1.18 bits per heavy atom. The lowest BCUT2D eigenvalue weighted by atomic mass is 9.86. The zero-order valence-electron chi connectivity index (χ0n) is 14.5. The van der Waals surface area contributed by atoms with Crippen molar-refractivity contribution in [3.05, 3.63) is 59.3 Å². The molecule has 0 N–H and O–H groups in total. The maximum atomic E-state index is 11.9. The van der Waals surface area contributed by atoms with Crippen molar-refractivity contribution in [2.24, 2.45) is 0 Å². The summed E-state index contributed by atoms with van der Waals surface area (Å²) in [6.07, 6.45) is 6.12. The van der Waals surface area contributed by atoms with Gasteiger partial charge in [-0.3, -0.25) is 0 Å². The van der Waals surface area contributed by atoms with Gasteiger partial charge in [0.15, 0.2) is 0 Å². The first kappa shape index (κ1) is 18.0. The zero-order valence-corrected chi connectivity index (χ0v) is 14.5. The Morgan fingerprint density at radius 2 is 1.77 bits per heavy atom. The molecule has 1 rings (SSSR count). The van der Waals surface area contributed by atoms with Crippen LogP contribution in [0.2, 0.25) is 0 Å². The summed E-state index contributed by atoms with van der Waals surface area (Å²) in [6.45, 7) is 6.56. The van der Waals surface area contributed by atoms with Crippen LogP contribution >= 0.6 is 0 Å². The number of rotatable bonds is 5. The van der Waals surface area contributed by atoms with Crippen LogP contribution in [0, 0.1) is 0 Å². The second kappa shape index (κ2) is 7.83. The van der Waals surface area contributed by atoms with Gasteiger partial charge in [-0.2, -0.15) is 0 Å². The fraction of sp³-hybridized carbons (Fsp3) is 0.421. The molecule has 0 heterocycles. The molecule has 1 aromatic rings. The van der Waals surface area contributed by atoms with Crippen LogP contribution in [0.3, 0.4) is 0 Å². The average molecular weight is 301 g/mol. The van der Waals surface area contributed by atoms with E-state index in [1.165, 1.54) is 12.7 Å². The fourth-order valence-corrected chi connectivity index (χ4v) is 2.00. The molecule has 0 saturated carbocycles. The lowest BCUT2D eigenvalue weighted by Gasteiger charge is -2.19. The number of esters is 1. The molecule has 0 atom stereocenters. The number of hydrogen-bond acceptors (Lipinski definition) is 3. The van der Waals surface area contributed by atoms with Gasteiger partial charge in [0.25, 0.3) is 0 Å². The summed E-state index contributed by atoms with van der Waals surface area (Å²) in [7, 11) is 5.29. The topological polar surface area (TPSA) is 29.5 Å². The summed E-state index contributed by atoms with van der Waals surface area (Å²) < 4.78 is 4.87. The van der Waals surface area contributed by atoms with Gasteiger partial charge in [-0.05, 0) is 28.8 Å². The van der Waals surface area contributed by atoms with E-state index in [9.17, 15) is 4.79 Å². The second-order valence-electron chi connectivity index (χ2n) is 6.61. The number of carbonyl (C=O) groups is 1. The Morgan fingerprint density at radius 3 is 2.23 bits per heavy atom. The van der Waals surface area contributed by atoms with E-state index in [-0.39, 0.29) is 11.4 Å². The Kier molecular flexibility index (Phi) is 6.41. The minimum absolute atomic E-state index is 0.133. The quantitative estimate of drug-likeness (QED) is 0.472. The van der Waals surface area contributed by atoms with Crippen molar-refractivity contribution in [2.45, 2.75) is 32.6 Å². The summed E-state index contributed by atoms with van der Waals surface area (Å²) in [5.41, 5.74) is 3.16. The summed E-state index contributed by atoms with van der Waals surface area (Å²) in [5, 5.41) is 0. The predicted molar refractivity (Wildman–Crippen MR) is 91.8 cm³/mol. The van der Waals surface area contributed by atoms with Crippen molar-refractivity contribution >= 4 is 5.97 Å². The molecule has 0 unspecified atom stereocenters. The zero-order chi connectivity index (χ0) is 16.8. The first-order chi connectivity index (χ1) is 10.2. The summed E-state index contributed by atoms with van der Waals surface area (Å²) in [4.78, 5) is 13.8. The number of benzene rings is 1. The van der Waals surface area contributed by atoms with Crippen molar-refractivity contribution in [1.82, 2.24) is 4.90 Å². The van der Waals surface area contributed by atoms with E-state index in [0.717, 1.165) is 5.56 Å². The molecular formula is C19H27NO2. The monoisotopic (exact) mass is 301 g/mol. The third-order valence-electron chi connectivity index (χ3n) is 3.34. The van der Waals surface area contributed by atoms with Gasteiger partial charge in [-0.1, -0.05) is 51.1 Å². The molecule has 0 aliphatic rings. The maximum Gasteiger partial charge on any atom is 0.334 e. The SMILES string of the molecule is COC(=O)/C(=C\C=C\N(C)C)Cc1ccc(C(C)(C)C)cc1. The average Bonchev–Trinajstić information content (AvgIpc) is 2.44. The van der Waals surface area contributed by atoms with Gasteiger partial charge in [-0.15, -0.1) is 0 Å². The molecule has 0 amide bonds. The molecule has 3 heteroatoms. The van der Waals surface area contributed by atoms with Gasteiger partial charge in [0.1, 0.15) is 0 Å². The third-order valence-corrected chi connectivity index (χ3v) is 3.34. The molecule has 120 valence electrons. The fourth-order valence-electron chi connectivity index (χ4n) is 2.00. The van der Waals surface area contributed by atoms with Crippen molar-refractivity contribution in [3.8, 4) is 0 Å². The van der Waals surface area contributed by atoms with Crippen molar-refractivity contribution in [2.75, 3.05) is 21.2 Å². The van der Waals surface area contributed by atoms with E-state index in [1.807, 2.05) is 37.3 Å². The largest absolute Gasteiger partial charge is 0.466 e. The Labute approximate surface area is 134 Å². The molecule has 1 aromatic carbocycles. The lowest BCUT2D eigenvalue weighted by Crippen LogP contribution is -2.11. The van der Waals surface area contributed by atoms with Crippen LogP contribution in [-0.2, 0) is 21.4 Å². The molecule has 0 bridgehead atoms. The molecule has 0 radical (unpaired) electrons.